The van der Waals surface area contributed by atoms with E-state index in [-0.39, 0.29) is 6.42 Å². The van der Waals surface area contributed by atoms with E-state index in [0.29, 0.717) is 0 Å². The Labute approximate surface area is 116 Å². The standard InChI is InChI=1S/C11H19NO8/c1-4(14)12-8-5(15)2-7(11(18)19)20-10(8)9(17)6(16)3-13/h5-10,13,15-17H,2-3H2,1H3,(H,12,14)(H,18,19)/t5-,6+,7?,8+,9+,10+/m0/s1/i1D. The number of hydrogen-bond acceptors (Lipinski definition) is 7. The molecule has 1 heterocycles. The SMILES string of the molecule is [2H]CC(=O)N[C@H]1[C@H]([C@H](O)[C@H](O)CO)OC(C(=O)O)C[C@@H]1O. The van der Waals surface area contributed by atoms with Crippen LogP contribution < -0.4 is 5.32 Å². The summed E-state index contributed by atoms with van der Waals surface area (Å²) >= 11 is 0. The van der Waals surface area contributed by atoms with E-state index in [4.69, 9.17) is 16.3 Å². The molecule has 0 aromatic rings. The third-order valence-electron chi connectivity index (χ3n) is 3.07. The first-order valence-corrected chi connectivity index (χ1v) is 5.93. The van der Waals surface area contributed by atoms with Crippen LogP contribution in [0, 0.1) is 0 Å². The molecule has 0 radical (unpaired) electrons. The average molecular weight is 294 g/mol. The van der Waals surface area contributed by atoms with E-state index in [1.54, 1.807) is 0 Å². The lowest BCUT2D eigenvalue weighted by Gasteiger charge is -2.41. The number of aliphatic carboxylic acids is 1. The van der Waals surface area contributed by atoms with Gasteiger partial charge in [0.05, 0.1) is 18.8 Å². The van der Waals surface area contributed by atoms with E-state index in [1.807, 2.05) is 0 Å². The molecule has 6 atom stereocenters. The van der Waals surface area contributed by atoms with Crippen LogP contribution in [0.2, 0.25) is 0 Å². The Bertz CT molecular complexity index is 381. The third-order valence-corrected chi connectivity index (χ3v) is 3.07. The van der Waals surface area contributed by atoms with Gasteiger partial charge in [-0.25, -0.2) is 4.79 Å². The summed E-state index contributed by atoms with van der Waals surface area (Å²) in [5.74, 6) is -2.12. The van der Waals surface area contributed by atoms with Gasteiger partial charge in [-0.1, -0.05) is 0 Å². The largest absolute Gasteiger partial charge is 0.479 e. The zero-order valence-corrected chi connectivity index (χ0v) is 10.5. The lowest BCUT2D eigenvalue weighted by Crippen LogP contribution is -2.63. The van der Waals surface area contributed by atoms with Gasteiger partial charge in [0.15, 0.2) is 6.10 Å². The number of hydrogen-bond donors (Lipinski definition) is 6. The Balaban J connectivity index is 2.95. The monoisotopic (exact) mass is 294 g/mol. The second-order valence-electron chi connectivity index (χ2n) is 4.56. The molecule has 1 rings (SSSR count). The van der Waals surface area contributed by atoms with Gasteiger partial charge in [-0.2, -0.15) is 0 Å². The molecule has 0 aromatic carbocycles. The van der Waals surface area contributed by atoms with Crippen LogP contribution in [0.4, 0.5) is 0 Å². The predicted molar refractivity (Wildman–Crippen MR) is 63.6 cm³/mol. The molecular formula is C11H19NO8. The Kier molecular flexibility index (Phi) is 5.26. The van der Waals surface area contributed by atoms with Gasteiger partial charge in [-0.3, -0.25) is 4.79 Å². The Morgan fingerprint density at radius 1 is 1.50 bits per heavy atom. The number of rotatable bonds is 5. The molecule has 116 valence electrons. The fourth-order valence-electron chi connectivity index (χ4n) is 2.06. The molecular weight excluding hydrogens is 274 g/mol. The van der Waals surface area contributed by atoms with E-state index >= 15 is 0 Å². The first kappa shape index (κ1) is 15.1. The van der Waals surface area contributed by atoms with Gasteiger partial charge in [0.2, 0.25) is 5.91 Å². The molecule has 0 aromatic heterocycles. The highest BCUT2D eigenvalue weighted by molar-refractivity contribution is 5.74. The summed E-state index contributed by atoms with van der Waals surface area (Å²) in [7, 11) is 0. The maximum atomic E-state index is 11.3. The number of ether oxygens (including phenoxy) is 1. The zero-order chi connectivity index (χ0) is 16.2. The van der Waals surface area contributed by atoms with Crippen molar-refractivity contribution in [3.05, 3.63) is 0 Å². The second-order valence-corrected chi connectivity index (χ2v) is 4.56. The van der Waals surface area contributed by atoms with Crippen molar-refractivity contribution in [2.45, 2.75) is 49.9 Å². The van der Waals surface area contributed by atoms with Gasteiger partial charge in [0.1, 0.15) is 18.3 Å². The highest BCUT2D eigenvalue weighted by Gasteiger charge is 2.45. The molecule has 1 unspecified atom stereocenters. The lowest BCUT2D eigenvalue weighted by molar-refractivity contribution is -0.195. The first-order chi connectivity index (χ1) is 9.81. The van der Waals surface area contributed by atoms with E-state index < -0.39 is 61.9 Å². The molecule has 1 amide bonds. The lowest BCUT2D eigenvalue weighted by atomic mass is 9.90. The van der Waals surface area contributed by atoms with Crippen LogP contribution in [0.15, 0.2) is 0 Å². The highest BCUT2D eigenvalue weighted by atomic mass is 16.5. The van der Waals surface area contributed by atoms with Gasteiger partial charge in [-0.15, -0.1) is 0 Å². The number of carbonyl (C=O) groups is 2. The number of carboxylic acid groups (broad SMARTS) is 1. The van der Waals surface area contributed by atoms with Crippen molar-refractivity contribution in [1.29, 1.82) is 0 Å². The molecule has 0 saturated carbocycles. The highest BCUT2D eigenvalue weighted by Crippen LogP contribution is 2.24. The summed E-state index contributed by atoms with van der Waals surface area (Å²) in [6.07, 6.45) is -7.88. The molecule has 1 fully saturated rings. The fourth-order valence-corrected chi connectivity index (χ4v) is 2.06. The van der Waals surface area contributed by atoms with Crippen molar-refractivity contribution in [3.63, 3.8) is 0 Å². The summed E-state index contributed by atoms with van der Waals surface area (Å²) in [5.41, 5.74) is 0. The van der Waals surface area contributed by atoms with E-state index in [2.05, 4.69) is 5.32 Å². The summed E-state index contributed by atoms with van der Waals surface area (Å²) in [6, 6.07) is -1.20. The number of nitrogens with one attached hydrogen (secondary N) is 1. The van der Waals surface area contributed by atoms with Gasteiger partial charge in [-0.05, 0) is 0 Å². The third kappa shape index (κ3) is 3.87. The molecule has 0 aliphatic carbocycles. The van der Waals surface area contributed by atoms with Crippen molar-refractivity contribution < 1.29 is 41.2 Å². The zero-order valence-electron chi connectivity index (χ0n) is 11.5. The average Bonchev–Trinajstić information content (AvgIpc) is 2.46. The number of aliphatic hydroxyl groups is 4. The van der Waals surface area contributed by atoms with Gasteiger partial charge in [0.25, 0.3) is 0 Å². The molecule has 1 aliphatic rings. The number of carboxylic acids is 1. The van der Waals surface area contributed by atoms with Gasteiger partial charge >= 0.3 is 5.97 Å². The fraction of sp³-hybridized carbons (Fsp3) is 0.818. The molecule has 9 nitrogen and oxygen atoms in total. The molecule has 0 bridgehead atoms. The van der Waals surface area contributed by atoms with E-state index in [9.17, 15) is 24.9 Å². The molecule has 1 aliphatic heterocycles. The van der Waals surface area contributed by atoms with Crippen LogP contribution in [-0.2, 0) is 14.3 Å². The Morgan fingerprint density at radius 2 is 2.15 bits per heavy atom. The second kappa shape index (κ2) is 6.95. The summed E-state index contributed by atoms with van der Waals surface area (Å²) in [5, 5.41) is 49.2. The van der Waals surface area contributed by atoms with Crippen LogP contribution in [0.5, 0.6) is 0 Å². The van der Waals surface area contributed by atoms with E-state index in [1.165, 1.54) is 0 Å². The minimum absolute atomic E-state index is 0.323. The molecule has 1 saturated heterocycles. The topological polar surface area (TPSA) is 157 Å². The quantitative estimate of drug-likeness (QED) is 0.310. The van der Waals surface area contributed by atoms with Crippen molar-refractivity contribution in [2.24, 2.45) is 0 Å². The Hall–Kier alpha value is -1.26. The van der Waals surface area contributed by atoms with Crippen molar-refractivity contribution in [1.82, 2.24) is 5.32 Å². The van der Waals surface area contributed by atoms with Crippen LogP contribution in [-0.4, -0.2) is 80.6 Å². The molecule has 9 heteroatoms. The predicted octanol–water partition coefficient (Wildman–Crippen LogP) is -3.19. The normalized spacial score (nSPS) is 33.9. The van der Waals surface area contributed by atoms with Crippen LogP contribution in [0.3, 0.4) is 0 Å². The summed E-state index contributed by atoms with van der Waals surface area (Å²) in [6.45, 7) is -1.44. The molecule has 20 heavy (non-hydrogen) atoms. The Morgan fingerprint density at radius 3 is 2.65 bits per heavy atom. The summed E-state index contributed by atoms with van der Waals surface area (Å²) in [4.78, 5) is 22.2. The number of carbonyl (C=O) groups excluding carboxylic acids is 1. The first-order valence-electron chi connectivity index (χ1n) is 6.64. The number of amides is 1. The van der Waals surface area contributed by atoms with Gasteiger partial charge in [0, 0.05) is 14.7 Å². The van der Waals surface area contributed by atoms with Crippen LogP contribution in [0.1, 0.15) is 14.7 Å². The van der Waals surface area contributed by atoms with Gasteiger partial charge < -0.3 is 35.6 Å². The van der Waals surface area contributed by atoms with Crippen LogP contribution in [0.25, 0.3) is 0 Å². The van der Waals surface area contributed by atoms with Crippen molar-refractivity contribution in [3.8, 4) is 0 Å². The van der Waals surface area contributed by atoms with Crippen molar-refractivity contribution in [2.75, 3.05) is 6.61 Å². The minimum atomic E-state index is -1.72. The molecule has 0 spiro atoms. The van der Waals surface area contributed by atoms with E-state index in [0.717, 1.165) is 0 Å². The van der Waals surface area contributed by atoms with Crippen molar-refractivity contribution >= 4 is 11.9 Å². The molecule has 6 N–H and O–H groups in total. The van der Waals surface area contributed by atoms with Crippen LogP contribution >= 0.6 is 0 Å². The summed E-state index contributed by atoms with van der Waals surface area (Å²) < 4.78 is 12.0. The smallest absolute Gasteiger partial charge is 0.332 e. The number of aliphatic hydroxyl groups excluding tert-OH is 4. The maximum absolute atomic E-state index is 11.3. The maximum Gasteiger partial charge on any atom is 0.332 e. The minimum Gasteiger partial charge on any atom is -0.479 e.